The van der Waals surface area contributed by atoms with Gasteiger partial charge in [-0.1, -0.05) is 41.5 Å². The molecule has 2 heterocycles. The van der Waals surface area contributed by atoms with E-state index in [9.17, 15) is 9.90 Å². The first-order valence-electron chi connectivity index (χ1n) is 12.0. The van der Waals surface area contributed by atoms with E-state index in [1.165, 1.54) is 24.8 Å². The third-order valence-electron chi connectivity index (χ3n) is 6.95. The van der Waals surface area contributed by atoms with Crippen molar-refractivity contribution in [2.75, 3.05) is 26.2 Å². The standard InChI is InChI=1S/C26H42N2O2/c1-25(2,3)21-16-19(17-22(23(21)29)26(4,5)6)18-27-14-10-20(11-15-27)24(30)28-12-8-7-9-13-28/h16-17,20,29H,7-15,18H2,1-6H3/p+1. The minimum atomic E-state index is -0.0940. The van der Waals surface area contributed by atoms with Gasteiger partial charge in [0.25, 0.3) is 0 Å². The Morgan fingerprint density at radius 1 is 0.967 bits per heavy atom. The van der Waals surface area contributed by atoms with Crippen molar-refractivity contribution in [3.63, 3.8) is 0 Å². The molecule has 2 N–H and O–H groups in total. The minimum Gasteiger partial charge on any atom is -0.507 e. The highest BCUT2D eigenvalue weighted by atomic mass is 16.3. The maximum absolute atomic E-state index is 12.9. The first-order valence-corrected chi connectivity index (χ1v) is 12.0. The number of aromatic hydroxyl groups is 1. The number of hydrogen-bond donors (Lipinski definition) is 2. The summed E-state index contributed by atoms with van der Waals surface area (Å²) in [4.78, 5) is 16.5. The average Bonchev–Trinajstić information content (AvgIpc) is 2.68. The molecule has 3 rings (SSSR count). The highest BCUT2D eigenvalue weighted by Gasteiger charge is 2.32. The fourth-order valence-corrected chi connectivity index (χ4v) is 5.05. The van der Waals surface area contributed by atoms with Crippen LogP contribution in [0.2, 0.25) is 0 Å². The number of carbonyl (C=O) groups excluding carboxylic acids is 1. The molecule has 1 amide bonds. The number of amides is 1. The Kier molecular flexibility index (Phi) is 6.86. The summed E-state index contributed by atoms with van der Waals surface area (Å²) in [6.45, 7) is 18.0. The second kappa shape index (κ2) is 8.90. The van der Waals surface area contributed by atoms with Crippen molar-refractivity contribution in [3.05, 3.63) is 28.8 Å². The van der Waals surface area contributed by atoms with E-state index in [1.807, 2.05) is 0 Å². The van der Waals surface area contributed by atoms with Crippen molar-refractivity contribution in [1.82, 2.24) is 4.90 Å². The molecule has 0 saturated carbocycles. The molecular formula is C26H43N2O2+. The van der Waals surface area contributed by atoms with Crippen LogP contribution >= 0.6 is 0 Å². The molecule has 0 aliphatic carbocycles. The average molecular weight is 416 g/mol. The maximum atomic E-state index is 12.9. The number of likely N-dealkylation sites (tertiary alicyclic amines) is 2. The van der Waals surface area contributed by atoms with E-state index in [-0.39, 0.29) is 16.7 Å². The normalized spacial score (nSPS) is 23.5. The van der Waals surface area contributed by atoms with Crippen LogP contribution in [0, 0.1) is 5.92 Å². The minimum absolute atomic E-state index is 0.0940. The van der Waals surface area contributed by atoms with Gasteiger partial charge in [0.05, 0.1) is 13.1 Å². The van der Waals surface area contributed by atoms with E-state index in [2.05, 4.69) is 58.6 Å². The molecule has 1 aromatic rings. The zero-order chi connectivity index (χ0) is 22.1. The van der Waals surface area contributed by atoms with Crippen LogP contribution in [-0.2, 0) is 22.2 Å². The number of quaternary nitrogens is 1. The van der Waals surface area contributed by atoms with Gasteiger partial charge in [-0.2, -0.15) is 0 Å². The first kappa shape index (κ1) is 23.1. The molecule has 2 aliphatic heterocycles. The first-order chi connectivity index (χ1) is 14.0. The van der Waals surface area contributed by atoms with Gasteiger partial charge in [0, 0.05) is 48.5 Å². The lowest BCUT2D eigenvalue weighted by atomic mass is 9.78. The lowest BCUT2D eigenvalue weighted by molar-refractivity contribution is -0.919. The van der Waals surface area contributed by atoms with Crippen molar-refractivity contribution in [3.8, 4) is 5.75 Å². The fourth-order valence-electron chi connectivity index (χ4n) is 5.05. The van der Waals surface area contributed by atoms with Gasteiger partial charge in [0.2, 0.25) is 5.91 Å². The highest BCUT2D eigenvalue weighted by molar-refractivity contribution is 5.79. The molecule has 0 atom stereocenters. The summed E-state index contributed by atoms with van der Waals surface area (Å²) in [5, 5.41) is 11.0. The monoisotopic (exact) mass is 415 g/mol. The largest absolute Gasteiger partial charge is 0.507 e. The lowest BCUT2D eigenvalue weighted by Gasteiger charge is -2.34. The molecular weight excluding hydrogens is 372 g/mol. The predicted molar refractivity (Wildman–Crippen MR) is 123 cm³/mol. The van der Waals surface area contributed by atoms with Gasteiger partial charge in [-0.3, -0.25) is 4.79 Å². The third kappa shape index (κ3) is 5.38. The topological polar surface area (TPSA) is 45.0 Å². The zero-order valence-electron chi connectivity index (χ0n) is 20.1. The number of nitrogens with one attached hydrogen (secondary N) is 1. The second-order valence-electron chi connectivity index (χ2n) is 11.6. The molecule has 0 unspecified atom stereocenters. The number of benzene rings is 1. The van der Waals surface area contributed by atoms with Crippen molar-refractivity contribution < 1.29 is 14.8 Å². The number of piperidine rings is 2. The molecule has 4 heteroatoms. The van der Waals surface area contributed by atoms with Crippen LogP contribution in [-0.4, -0.2) is 42.1 Å². The number of rotatable bonds is 3. The lowest BCUT2D eigenvalue weighted by Crippen LogP contribution is -3.11. The SMILES string of the molecule is CC(C)(C)c1cc(C[NH+]2CCC(C(=O)N3CCCCC3)CC2)cc(C(C)(C)C)c1O. The number of carbonyl (C=O) groups is 1. The summed E-state index contributed by atoms with van der Waals surface area (Å²) >= 11 is 0. The molecule has 2 saturated heterocycles. The van der Waals surface area contributed by atoms with Gasteiger partial charge in [-0.15, -0.1) is 0 Å². The second-order valence-corrected chi connectivity index (χ2v) is 11.6. The van der Waals surface area contributed by atoms with Crippen molar-refractivity contribution >= 4 is 5.91 Å². The number of hydrogen-bond acceptors (Lipinski definition) is 2. The summed E-state index contributed by atoms with van der Waals surface area (Å²) in [5.41, 5.74) is 3.20. The third-order valence-corrected chi connectivity index (χ3v) is 6.95. The van der Waals surface area contributed by atoms with E-state index in [0.29, 0.717) is 11.7 Å². The summed E-state index contributed by atoms with van der Waals surface area (Å²) in [6, 6.07) is 4.42. The van der Waals surface area contributed by atoms with Gasteiger partial charge in [-0.05, 0) is 42.2 Å². The molecule has 0 radical (unpaired) electrons. The van der Waals surface area contributed by atoms with Gasteiger partial charge >= 0.3 is 0 Å². The molecule has 30 heavy (non-hydrogen) atoms. The molecule has 168 valence electrons. The highest BCUT2D eigenvalue weighted by Crippen LogP contribution is 2.39. The van der Waals surface area contributed by atoms with Gasteiger partial charge in [0.15, 0.2) is 0 Å². The zero-order valence-corrected chi connectivity index (χ0v) is 20.1. The van der Waals surface area contributed by atoms with E-state index in [0.717, 1.165) is 56.7 Å². The molecule has 0 aromatic heterocycles. The van der Waals surface area contributed by atoms with Crippen LogP contribution < -0.4 is 4.90 Å². The predicted octanol–water partition coefficient (Wildman–Crippen LogP) is 3.79. The quantitative estimate of drug-likeness (QED) is 0.789. The van der Waals surface area contributed by atoms with Crippen LogP contribution in [0.25, 0.3) is 0 Å². The molecule has 1 aromatic carbocycles. The van der Waals surface area contributed by atoms with Crippen LogP contribution in [0.4, 0.5) is 0 Å². The summed E-state index contributed by atoms with van der Waals surface area (Å²) in [7, 11) is 0. The maximum Gasteiger partial charge on any atom is 0.226 e. The number of phenolic OH excluding ortho intramolecular Hbond substituents is 1. The van der Waals surface area contributed by atoms with Gasteiger partial charge in [0.1, 0.15) is 12.3 Å². The van der Waals surface area contributed by atoms with Crippen LogP contribution in [0.15, 0.2) is 12.1 Å². The molecule has 4 nitrogen and oxygen atoms in total. The van der Waals surface area contributed by atoms with Gasteiger partial charge < -0.3 is 14.9 Å². The van der Waals surface area contributed by atoms with E-state index < -0.39 is 0 Å². The van der Waals surface area contributed by atoms with E-state index in [4.69, 9.17) is 0 Å². The summed E-state index contributed by atoms with van der Waals surface area (Å²) < 4.78 is 0. The van der Waals surface area contributed by atoms with Crippen LogP contribution in [0.1, 0.15) is 90.3 Å². The van der Waals surface area contributed by atoms with Crippen LogP contribution in [0.3, 0.4) is 0 Å². The Bertz CT molecular complexity index is 708. The Balaban J connectivity index is 1.69. The Morgan fingerprint density at radius 3 is 1.93 bits per heavy atom. The Labute approximate surface area is 183 Å². The van der Waals surface area contributed by atoms with Crippen molar-refractivity contribution in [2.45, 2.75) is 91.0 Å². The summed E-state index contributed by atoms with van der Waals surface area (Å²) in [6.07, 6.45) is 5.61. The molecule has 2 aliphatic rings. The summed E-state index contributed by atoms with van der Waals surface area (Å²) in [5.74, 6) is 1.09. The Morgan fingerprint density at radius 2 is 1.47 bits per heavy atom. The van der Waals surface area contributed by atoms with Crippen molar-refractivity contribution in [2.24, 2.45) is 5.92 Å². The molecule has 0 bridgehead atoms. The van der Waals surface area contributed by atoms with Gasteiger partial charge in [-0.25, -0.2) is 0 Å². The van der Waals surface area contributed by atoms with E-state index in [1.54, 1.807) is 4.90 Å². The molecule has 0 spiro atoms. The Hall–Kier alpha value is -1.55. The fraction of sp³-hybridized carbons (Fsp3) is 0.731. The van der Waals surface area contributed by atoms with E-state index >= 15 is 0 Å². The molecule has 2 fully saturated rings. The number of phenols is 1. The van der Waals surface area contributed by atoms with Crippen molar-refractivity contribution in [1.29, 1.82) is 0 Å². The smallest absolute Gasteiger partial charge is 0.226 e. The number of nitrogens with zero attached hydrogens (tertiary/aromatic N) is 1. The van der Waals surface area contributed by atoms with Crippen LogP contribution in [0.5, 0.6) is 5.75 Å².